The monoisotopic (exact) mass is 472 g/mol. The molecule has 0 spiro atoms. The average molecular weight is 472 g/mol. The molecule has 0 aliphatic heterocycles. The van der Waals surface area contributed by atoms with Gasteiger partial charge in [-0.3, -0.25) is 9.59 Å². The molecule has 0 rings (SSSR count). The molecular formula is C19H32N6O8. The molecular weight excluding hydrogens is 440 g/mol. The van der Waals surface area contributed by atoms with Crippen LogP contribution in [0, 0.1) is 0 Å². The zero-order valence-corrected chi connectivity index (χ0v) is 18.4. The standard InChI is InChI=1S/C19H32N6O8/c20-25-22-12-5-2-1-3-8-15(26)21-11-6-4-7-13(17(29)30)23-19(33)24-14(18(31)32)9-10-16(27)28/h13-14H,1-12H2,(H,21,26)(H,27,28)(H,29,30)(H,31,32)(H2,23,24,33)/t13-,14-/m0/s1. The van der Waals surface area contributed by atoms with Crippen molar-refractivity contribution in [1.29, 1.82) is 0 Å². The van der Waals surface area contributed by atoms with Gasteiger partial charge in [0.2, 0.25) is 5.91 Å². The number of hydrogen-bond acceptors (Lipinski definition) is 6. The molecule has 0 unspecified atom stereocenters. The maximum Gasteiger partial charge on any atom is 0.326 e. The number of nitrogens with one attached hydrogen (secondary N) is 3. The van der Waals surface area contributed by atoms with Crippen molar-refractivity contribution in [3.63, 3.8) is 0 Å². The number of hydrogen-bond donors (Lipinski definition) is 6. The first-order valence-corrected chi connectivity index (χ1v) is 10.7. The summed E-state index contributed by atoms with van der Waals surface area (Å²) in [5.74, 6) is -4.06. The van der Waals surface area contributed by atoms with Crippen molar-refractivity contribution in [3.8, 4) is 0 Å². The van der Waals surface area contributed by atoms with Gasteiger partial charge in [-0.25, -0.2) is 14.4 Å². The predicted octanol–water partition coefficient (Wildman–Crippen LogP) is 1.60. The fourth-order valence-corrected chi connectivity index (χ4v) is 2.80. The predicted molar refractivity (Wildman–Crippen MR) is 115 cm³/mol. The van der Waals surface area contributed by atoms with Crippen LogP contribution in [0.15, 0.2) is 5.11 Å². The minimum Gasteiger partial charge on any atom is -0.481 e. The molecule has 14 nitrogen and oxygen atoms in total. The van der Waals surface area contributed by atoms with Gasteiger partial charge < -0.3 is 31.3 Å². The maximum absolute atomic E-state index is 11.9. The molecule has 0 heterocycles. The van der Waals surface area contributed by atoms with Gasteiger partial charge in [0.05, 0.1) is 0 Å². The van der Waals surface area contributed by atoms with Crippen LogP contribution in [0.3, 0.4) is 0 Å². The SMILES string of the molecule is [N-]=[N+]=NCCCCCCC(=O)NCCCC[C@H](NC(=O)N[C@@H](CCC(=O)O)C(=O)O)C(=O)O. The zero-order valence-electron chi connectivity index (χ0n) is 18.4. The lowest BCUT2D eigenvalue weighted by Gasteiger charge is -2.18. The number of nitrogens with zero attached hydrogens (tertiary/aromatic N) is 3. The summed E-state index contributed by atoms with van der Waals surface area (Å²) in [7, 11) is 0. The average Bonchev–Trinajstić information content (AvgIpc) is 2.74. The summed E-state index contributed by atoms with van der Waals surface area (Å²) in [5, 5.41) is 37.3. The Hall–Kier alpha value is -3.54. The van der Waals surface area contributed by atoms with Crippen LogP contribution in [0.5, 0.6) is 0 Å². The quantitative estimate of drug-likeness (QED) is 0.0697. The molecule has 0 aromatic heterocycles. The number of unbranched alkanes of at least 4 members (excludes halogenated alkanes) is 4. The van der Waals surface area contributed by atoms with Gasteiger partial charge in [0.1, 0.15) is 12.1 Å². The van der Waals surface area contributed by atoms with Gasteiger partial charge in [-0.05, 0) is 44.1 Å². The van der Waals surface area contributed by atoms with Crippen molar-refractivity contribution in [1.82, 2.24) is 16.0 Å². The van der Waals surface area contributed by atoms with E-state index in [-0.39, 0.29) is 18.7 Å². The van der Waals surface area contributed by atoms with E-state index in [9.17, 15) is 29.1 Å². The van der Waals surface area contributed by atoms with Crippen molar-refractivity contribution >= 4 is 29.8 Å². The molecule has 14 heteroatoms. The fraction of sp³-hybridized carbons (Fsp3) is 0.737. The normalized spacial score (nSPS) is 12.0. The van der Waals surface area contributed by atoms with Gasteiger partial charge in [-0.1, -0.05) is 18.0 Å². The molecule has 0 radical (unpaired) electrons. The molecule has 0 aliphatic carbocycles. The van der Waals surface area contributed by atoms with E-state index in [4.69, 9.17) is 15.7 Å². The van der Waals surface area contributed by atoms with Gasteiger partial charge in [0.25, 0.3) is 0 Å². The van der Waals surface area contributed by atoms with Crippen molar-refractivity contribution < 1.29 is 39.3 Å². The smallest absolute Gasteiger partial charge is 0.326 e. The summed E-state index contributed by atoms with van der Waals surface area (Å²) in [4.78, 5) is 59.3. The van der Waals surface area contributed by atoms with E-state index in [2.05, 4.69) is 26.0 Å². The van der Waals surface area contributed by atoms with E-state index in [1.165, 1.54) is 0 Å². The van der Waals surface area contributed by atoms with E-state index in [0.29, 0.717) is 38.8 Å². The van der Waals surface area contributed by atoms with Crippen molar-refractivity contribution in [2.75, 3.05) is 13.1 Å². The summed E-state index contributed by atoms with van der Waals surface area (Å²) in [5.41, 5.74) is 8.16. The molecule has 33 heavy (non-hydrogen) atoms. The van der Waals surface area contributed by atoms with Crippen LogP contribution in [0.4, 0.5) is 4.79 Å². The lowest BCUT2D eigenvalue weighted by molar-refractivity contribution is -0.140. The Morgan fingerprint density at radius 1 is 0.788 bits per heavy atom. The minimum absolute atomic E-state index is 0.0661. The van der Waals surface area contributed by atoms with Crippen molar-refractivity contribution in [2.45, 2.75) is 76.3 Å². The highest BCUT2D eigenvalue weighted by molar-refractivity contribution is 5.86. The van der Waals surface area contributed by atoms with E-state index in [1.54, 1.807) is 0 Å². The molecule has 3 amide bonds. The second-order valence-corrected chi connectivity index (χ2v) is 7.30. The Morgan fingerprint density at radius 3 is 1.97 bits per heavy atom. The van der Waals surface area contributed by atoms with Crippen molar-refractivity contribution in [2.24, 2.45) is 5.11 Å². The highest BCUT2D eigenvalue weighted by atomic mass is 16.4. The number of aliphatic carboxylic acids is 3. The van der Waals surface area contributed by atoms with E-state index < -0.39 is 42.4 Å². The van der Waals surface area contributed by atoms with Crippen LogP contribution in [0.1, 0.15) is 64.2 Å². The molecule has 0 saturated heterocycles. The minimum atomic E-state index is -1.46. The second-order valence-electron chi connectivity index (χ2n) is 7.30. The van der Waals surface area contributed by atoms with Gasteiger partial charge in [0, 0.05) is 30.8 Å². The number of rotatable bonds is 19. The number of azide groups is 1. The van der Waals surface area contributed by atoms with E-state index in [0.717, 1.165) is 19.3 Å². The molecule has 0 fully saturated rings. The first-order valence-electron chi connectivity index (χ1n) is 10.7. The van der Waals surface area contributed by atoms with E-state index >= 15 is 0 Å². The maximum atomic E-state index is 11.9. The topological polar surface area (TPSA) is 231 Å². The molecule has 0 saturated carbocycles. The molecule has 186 valence electrons. The Kier molecular flexibility index (Phi) is 16.1. The Labute approximate surface area is 190 Å². The highest BCUT2D eigenvalue weighted by Crippen LogP contribution is 2.05. The van der Waals surface area contributed by atoms with E-state index in [1.807, 2.05) is 0 Å². The molecule has 6 N–H and O–H groups in total. The van der Waals surface area contributed by atoms with Gasteiger partial charge in [0.15, 0.2) is 0 Å². The third kappa shape index (κ3) is 16.8. The lowest BCUT2D eigenvalue weighted by atomic mass is 10.1. The largest absolute Gasteiger partial charge is 0.481 e. The first-order chi connectivity index (χ1) is 15.7. The van der Waals surface area contributed by atoms with Crippen LogP contribution in [0.2, 0.25) is 0 Å². The number of amides is 3. The van der Waals surface area contributed by atoms with Crippen LogP contribution >= 0.6 is 0 Å². The number of urea groups is 1. The second kappa shape index (κ2) is 18.1. The van der Waals surface area contributed by atoms with Crippen molar-refractivity contribution in [3.05, 3.63) is 10.4 Å². The molecule has 0 aromatic carbocycles. The Balaban J connectivity index is 4.13. The summed E-state index contributed by atoms with van der Waals surface area (Å²) < 4.78 is 0. The number of carboxylic acids is 3. The molecule has 0 bridgehead atoms. The number of carbonyl (C=O) groups is 5. The Morgan fingerprint density at radius 2 is 1.39 bits per heavy atom. The van der Waals surface area contributed by atoms with Crippen LogP contribution in [-0.2, 0) is 19.2 Å². The molecule has 2 atom stereocenters. The van der Waals surface area contributed by atoms with Gasteiger partial charge >= 0.3 is 23.9 Å². The fourth-order valence-electron chi connectivity index (χ4n) is 2.80. The molecule has 0 aromatic rings. The van der Waals surface area contributed by atoms with Crippen LogP contribution < -0.4 is 16.0 Å². The Bertz CT molecular complexity index is 710. The number of carbonyl (C=O) groups excluding carboxylic acids is 2. The number of carboxylic acid groups (broad SMARTS) is 3. The zero-order chi connectivity index (χ0) is 25.1. The summed E-state index contributed by atoms with van der Waals surface area (Å²) in [6.07, 6.45) is 3.71. The van der Waals surface area contributed by atoms with Crippen LogP contribution in [-0.4, -0.2) is 70.3 Å². The van der Waals surface area contributed by atoms with Gasteiger partial charge in [-0.2, -0.15) is 0 Å². The van der Waals surface area contributed by atoms with Gasteiger partial charge in [-0.15, -0.1) is 0 Å². The molecule has 0 aliphatic rings. The lowest BCUT2D eigenvalue weighted by Crippen LogP contribution is -2.51. The third-order valence-electron chi connectivity index (χ3n) is 4.57. The summed E-state index contributed by atoms with van der Waals surface area (Å²) >= 11 is 0. The summed E-state index contributed by atoms with van der Waals surface area (Å²) in [6.45, 7) is 0.798. The summed E-state index contributed by atoms with van der Waals surface area (Å²) in [6, 6.07) is -3.75. The van der Waals surface area contributed by atoms with Crippen LogP contribution in [0.25, 0.3) is 10.4 Å². The third-order valence-corrected chi connectivity index (χ3v) is 4.57. The first kappa shape index (κ1) is 29.5. The highest BCUT2D eigenvalue weighted by Gasteiger charge is 2.24.